The summed E-state index contributed by atoms with van der Waals surface area (Å²) in [6, 6.07) is 8.11. The highest BCUT2D eigenvalue weighted by Gasteiger charge is 2.23. The molecule has 1 amide bonds. The Kier molecular flexibility index (Phi) is 5.45. The van der Waals surface area contributed by atoms with Gasteiger partial charge in [0.05, 0.1) is 0 Å². The number of nitrogens with one attached hydrogen (secondary N) is 2. The molecular weight excluding hydrogens is 248 g/mol. The third kappa shape index (κ3) is 3.99. The van der Waals surface area contributed by atoms with Crippen LogP contribution in [0.3, 0.4) is 0 Å². The minimum atomic E-state index is 0.0609. The SMILES string of the molecule is CCCNc1ccc(C(=O)NC2CCCCC2C)cc1. The van der Waals surface area contributed by atoms with Crippen molar-refractivity contribution >= 4 is 11.6 Å². The van der Waals surface area contributed by atoms with Gasteiger partial charge in [0, 0.05) is 23.8 Å². The Morgan fingerprint density at radius 1 is 1.20 bits per heavy atom. The quantitative estimate of drug-likeness (QED) is 0.857. The molecule has 1 fully saturated rings. The van der Waals surface area contributed by atoms with Gasteiger partial charge in [0.25, 0.3) is 5.91 Å². The molecule has 0 radical (unpaired) electrons. The van der Waals surface area contributed by atoms with Crippen LogP contribution in [-0.4, -0.2) is 18.5 Å². The van der Waals surface area contributed by atoms with Crippen LogP contribution in [0.15, 0.2) is 24.3 Å². The Hall–Kier alpha value is -1.51. The largest absolute Gasteiger partial charge is 0.385 e. The lowest BCUT2D eigenvalue weighted by molar-refractivity contribution is 0.0910. The van der Waals surface area contributed by atoms with E-state index in [1.807, 2.05) is 24.3 Å². The molecule has 0 saturated heterocycles. The van der Waals surface area contributed by atoms with Gasteiger partial charge in [0.1, 0.15) is 0 Å². The minimum Gasteiger partial charge on any atom is -0.385 e. The second kappa shape index (κ2) is 7.32. The van der Waals surface area contributed by atoms with Crippen LogP contribution in [0, 0.1) is 5.92 Å². The van der Waals surface area contributed by atoms with Crippen LogP contribution in [-0.2, 0) is 0 Å². The summed E-state index contributed by atoms with van der Waals surface area (Å²) in [5.74, 6) is 0.656. The molecule has 0 heterocycles. The highest BCUT2D eigenvalue weighted by Crippen LogP contribution is 2.24. The number of rotatable bonds is 5. The van der Waals surface area contributed by atoms with E-state index >= 15 is 0 Å². The van der Waals surface area contributed by atoms with Crippen molar-refractivity contribution in [2.45, 2.75) is 52.0 Å². The van der Waals surface area contributed by atoms with Crippen molar-refractivity contribution < 1.29 is 4.79 Å². The van der Waals surface area contributed by atoms with Crippen molar-refractivity contribution in [1.82, 2.24) is 5.32 Å². The molecule has 3 heteroatoms. The van der Waals surface area contributed by atoms with E-state index in [1.54, 1.807) is 0 Å². The second-order valence-corrected chi connectivity index (χ2v) is 5.85. The molecule has 2 atom stereocenters. The average molecular weight is 274 g/mol. The van der Waals surface area contributed by atoms with Crippen LogP contribution in [0.5, 0.6) is 0 Å². The molecule has 3 nitrogen and oxygen atoms in total. The summed E-state index contributed by atoms with van der Waals surface area (Å²) in [5, 5.41) is 6.51. The molecule has 1 aliphatic rings. The van der Waals surface area contributed by atoms with E-state index in [2.05, 4.69) is 24.5 Å². The third-order valence-electron chi connectivity index (χ3n) is 4.15. The van der Waals surface area contributed by atoms with E-state index in [0.717, 1.165) is 30.6 Å². The zero-order valence-corrected chi connectivity index (χ0v) is 12.6. The van der Waals surface area contributed by atoms with E-state index < -0.39 is 0 Å². The standard InChI is InChI=1S/C17H26N2O/c1-3-12-18-15-10-8-14(9-11-15)17(20)19-16-7-5-4-6-13(16)2/h8-11,13,16,18H,3-7,12H2,1-2H3,(H,19,20). The lowest BCUT2D eigenvalue weighted by atomic mass is 9.86. The summed E-state index contributed by atoms with van der Waals surface area (Å²) in [5.41, 5.74) is 1.83. The lowest BCUT2D eigenvalue weighted by Gasteiger charge is -2.29. The smallest absolute Gasteiger partial charge is 0.251 e. The van der Waals surface area contributed by atoms with Crippen molar-refractivity contribution in [2.24, 2.45) is 5.92 Å². The molecule has 0 aromatic heterocycles. The molecule has 0 spiro atoms. The van der Waals surface area contributed by atoms with Gasteiger partial charge < -0.3 is 10.6 Å². The van der Waals surface area contributed by atoms with Crippen molar-refractivity contribution in [2.75, 3.05) is 11.9 Å². The molecule has 0 aliphatic heterocycles. The van der Waals surface area contributed by atoms with E-state index in [0.29, 0.717) is 12.0 Å². The first-order chi connectivity index (χ1) is 9.70. The number of hydrogen-bond donors (Lipinski definition) is 2. The summed E-state index contributed by atoms with van der Waals surface area (Å²) in [4.78, 5) is 12.3. The number of anilines is 1. The van der Waals surface area contributed by atoms with Gasteiger partial charge in [-0.25, -0.2) is 0 Å². The van der Waals surface area contributed by atoms with Gasteiger partial charge in [-0.05, 0) is 49.4 Å². The first-order valence-corrected chi connectivity index (χ1v) is 7.85. The normalized spacial score (nSPS) is 22.3. The third-order valence-corrected chi connectivity index (χ3v) is 4.15. The molecule has 2 unspecified atom stereocenters. The molecule has 20 heavy (non-hydrogen) atoms. The van der Waals surface area contributed by atoms with Crippen LogP contribution >= 0.6 is 0 Å². The average Bonchev–Trinajstić information content (AvgIpc) is 2.48. The van der Waals surface area contributed by atoms with Gasteiger partial charge in [-0.2, -0.15) is 0 Å². The molecule has 2 rings (SSSR count). The molecule has 2 N–H and O–H groups in total. The zero-order chi connectivity index (χ0) is 14.4. The van der Waals surface area contributed by atoms with Gasteiger partial charge in [-0.3, -0.25) is 4.79 Å². The van der Waals surface area contributed by atoms with Crippen LogP contribution in [0.1, 0.15) is 56.3 Å². The highest BCUT2D eigenvalue weighted by atomic mass is 16.1. The molecule has 1 aromatic carbocycles. The van der Waals surface area contributed by atoms with Crippen molar-refractivity contribution in [3.05, 3.63) is 29.8 Å². The van der Waals surface area contributed by atoms with E-state index in [4.69, 9.17) is 0 Å². The van der Waals surface area contributed by atoms with Gasteiger partial charge >= 0.3 is 0 Å². The molecule has 110 valence electrons. The summed E-state index contributed by atoms with van der Waals surface area (Å²) in [7, 11) is 0. The monoisotopic (exact) mass is 274 g/mol. The van der Waals surface area contributed by atoms with Crippen LogP contribution in [0.4, 0.5) is 5.69 Å². The Balaban J connectivity index is 1.91. The fourth-order valence-electron chi connectivity index (χ4n) is 2.79. The maximum absolute atomic E-state index is 12.3. The first-order valence-electron chi connectivity index (χ1n) is 7.85. The minimum absolute atomic E-state index is 0.0609. The number of carbonyl (C=O) groups excluding carboxylic acids is 1. The predicted molar refractivity (Wildman–Crippen MR) is 84.1 cm³/mol. The Bertz CT molecular complexity index is 427. The van der Waals surface area contributed by atoms with Crippen molar-refractivity contribution in [1.29, 1.82) is 0 Å². The fourth-order valence-corrected chi connectivity index (χ4v) is 2.79. The first kappa shape index (κ1) is 14.9. The number of benzene rings is 1. The topological polar surface area (TPSA) is 41.1 Å². The second-order valence-electron chi connectivity index (χ2n) is 5.85. The highest BCUT2D eigenvalue weighted by molar-refractivity contribution is 5.94. The van der Waals surface area contributed by atoms with Gasteiger partial charge in [0.15, 0.2) is 0 Å². The fraction of sp³-hybridized carbons (Fsp3) is 0.588. The van der Waals surface area contributed by atoms with Gasteiger partial charge in [-0.1, -0.05) is 26.7 Å². The van der Waals surface area contributed by atoms with Crippen molar-refractivity contribution in [3.8, 4) is 0 Å². The summed E-state index contributed by atoms with van der Waals surface area (Å²) < 4.78 is 0. The lowest BCUT2D eigenvalue weighted by Crippen LogP contribution is -2.41. The van der Waals surface area contributed by atoms with Gasteiger partial charge in [-0.15, -0.1) is 0 Å². The van der Waals surface area contributed by atoms with Crippen LogP contribution in [0.2, 0.25) is 0 Å². The molecule has 1 aromatic rings. The Morgan fingerprint density at radius 2 is 1.90 bits per heavy atom. The molecule has 0 bridgehead atoms. The van der Waals surface area contributed by atoms with E-state index in [-0.39, 0.29) is 5.91 Å². The predicted octanol–water partition coefficient (Wildman–Crippen LogP) is 3.82. The van der Waals surface area contributed by atoms with Crippen molar-refractivity contribution in [3.63, 3.8) is 0 Å². The summed E-state index contributed by atoms with van der Waals surface area (Å²) in [6.45, 7) is 5.34. The van der Waals surface area contributed by atoms with Crippen LogP contribution in [0.25, 0.3) is 0 Å². The molecular formula is C17H26N2O. The maximum atomic E-state index is 12.3. The maximum Gasteiger partial charge on any atom is 0.251 e. The summed E-state index contributed by atoms with van der Waals surface area (Å²) in [6.07, 6.45) is 5.97. The van der Waals surface area contributed by atoms with Gasteiger partial charge in [0.2, 0.25) is 0 Å². The molecule has 1 aliphatic carbocycles. The van der Waals surface area contributed by atoms with E-state index in [1.165, 1.54) is 19.3 Å². The zero-order valence-electron chi connectivity index (χ0n) is 12.6. The molecule has 1 saturated carbocycles. The van der Waals surface area contributed by atoms with E-state index in [9.17, 15) is 4.79 Å². The number of amides is 1. The summed E-state index contributed by atoms with van der Waals surface area (Å²) >= 11 is 0. The Morgan fingerprint density at radius 3 is 2.55 bits per heavy atom. The Labute approximate surface area is 122 Å². The number of carbonyl (C=O) groups is 1. The number of hydrogen-bond acceptors (Lipinski definition) is 2. The van der Waals surface area contributed by atoms with Crippen LogP contribution < -0.4 is 10.6 Å².